The van der Waals surface area contributed by atoms with Gasteiger partial charge in [0.15, 0.2) is 0 Å². The van der Waals surface area contributed by atoms with Crippen molar-refractivity contribution >= 4 is 11.8 Å². The summed E-state index contributed by atoms with van der Waals surface area (Å²) in [5.41, 5.74) is 6.12. The van der Waals surface area contributed by atoms with Gasteiger partial charge in [0, 0.05) is 12.7 Å². The molecule has 0 fully saturated rings. The Labute approximate surface area is 129 Å². The second-order valence-electron chi connectivity index (χ2n) is 4.90. The third-order valence-electron chi connectivity index (χ3n) is 3.26. The Bertz CT molecular complexity index is 602. The highest BCUT2D eigenvalue weighted by Crippen LogP contribution is 2.19. The lowest BCUT2D eigenvalue weighted by molar-refractivity contribution is -0.143. The number of rotatable bonds is 7. The van der Waals surface area contributed by atoms with Crippen molar-refractivity contribution in [2.24, 2.45) is 0 Å². The number of para-hydroxylation sites is 1. The van der Waals surface area contributed by atoms with E-state index in [-0.39, 0.29) is 0 Å². The molecule has 0 saturated heterocycles. The maximum atomic E-state index is 11.5. The van der Waals surface area contributed by atoms with E-state index >= 15 is 0 Å². The van der Waals surface area contributed by atoms with Gasteiger partial charge in [0.1, 0.15) is 24.2 Å². The van der Waals surface area contributed by atoms with Gasteiger partial charge in [0.2, 0.25) is 0 Å². The Morgan fingerprint density at radius 1 is 1.32 bits per heavy atom. The fourth-order valence-electron chi connectivity index (χ4n) is 2.12. The Morgan fingerprint density at radius 2 is 2.05 bits per heavy atom. The molecule has 6 nitrogen and oxygen atoms in total. The van der Waals surface area contributed by atoms with Gasteiger partial charge < -0.3 is 15.6 Å². The second-order valence-corrected chi connectivity index (χ2v) is 4.90. The van der Waals surface area contributed by atoms with Crippen molar-refractivity contribution in [1.29, 1.82) is 0 Å². The highest BCUT2D eigenvalue weighted by molar-refractivity contribution is 5.75. The smallest absolute Gasteiger partial charge is 0.325 e. The number of benzene rings is 1. The van der Waals surface area contributed by atoms with E-state index in [9.17, 15) is 9.90 Å². The maximum Gasteiger partial charge on any atom is 0.325 e. The molecule has 22 heavy (non-hydrogen) atoms. The Hall–Kier alpha value is -2.60. The summed E-state index contributed by atoms with van der Waals surface area (Å²) in [6.45, 7) is 0.864. The number of anilines is 1. The molecule has 1 heterocycles. The van der Waals surface area contributed by atoms with Crippen LogP contribution < -0.4 is 10.5 Å². The molecule has 0 amide bonds. The lowest BCUT2D eigenvalue weighted by Crippen LogP contribution is -2.34. The first-order valence-corrected chi connectivity index (χ1v) is 6.90. The van der Waals surface area contributed by atoms with Crippen LogP contribution in [0, 0.1) is 0 Å². The van der Waals surface area contributed by atoms with Gasteiger partial charge in [-0.3, -0.25) is 9.69 Å². The van der Waals surface area contributed by atoms with Crippen LogP contribution in [0.4, 0.5) is 5.82 Å². The van der Waals surface area contributed by atoms with E-state index in [1.807, 2.05) is 30.3 Å². The van der Waals surface area contributed by atoms with Crippen molar-refractivity contribution in [2.75, 3.05) is 25.9 Å². The Morgan fingerprint density at radius 3 is 2.64 bits per heavy atom. The third-order valence-corrected chi connectivity index (χ3v) is 3.26. The highest BCUT2D eigenvalue weighted by Gasteiger charge is 2.24. The van der Waals surface area contributed by atoms with Crippen LogP contribution in [0.3, 0.4) is 0 Å². The maximum absolute atomic E-state index is 11.5. The van der Waals surface area contributed by atoms with Crippen molar-refractivity contribution < 1.29 is 14.6 Å². The first-order valence-electron chi connectivity index (χ1n) is 6.90. The zero-order valence-electron chi connectivity index (χ0n) is 12.3. The minimum Gasteiger partial charge on any atom is -0.492 e. The first-order chi connectivity index (χ1) is 10.6. The molecule has 0 aliphatic carbocycles. The van der Waals surface area contributed by atoms with Crippen molar-refractivity contribution in [3.05, 3.63) is 54.2 Å². The number of carbonyl (C=O) groups is 1. The van der Waals surface area contributed by atoms with Crippen molar-refractivity contribution in [3.63, 3.8) is 0 Å². The number of nitrogen functional groups attached to an aromatic ring is 1. The van der Waals surface area contributed by atoms with Crippen LogP contribution in [0.15, 0.2) is 48.7 Å². The number of carboxylic acid groups (broad SMARTS) is 1. The summed E-state index contributed by atoms with van der Waals surface area (Å²) in [7, 11) is 1.74. The van der Waals surface area contributed by atoms with Crippen LogP contribution in [-0.2, 0) is 4.79 Å². The number of aliphatic carboxylic acids is 1. The monoisotopic (exact) mass is 301 g/mol. The molecule has 3 N–H and O–H groups in total. The van der Waals surface area contributed by atoms with E-state index in [1.54, 1.807) is 24.1 Å². The van der Waals surface area contributed by atoms with Gasteiger partial charge in [-0.1, -0.05) is 24.3 Å². The summed E-state index contributed by atoms with van der Waals surface area (Å²) in [6.07, 6.45) is 1.49. The zero-order chi connectivity index (χ0) is 15.9. The fraction of sp³-hybridized carbons (Fsp3) is 0.250. The summed E-state index contributed by atoms with van der Waals surface area (Å²) in [6, 6.07) is 11.9. The molecule has 0 unspecified atom stereocenters. The molecule has 1 aromatic carbocycles. The topological polar surface area (TPSA) is 88.7 Å². The molecule has 2 aromatic rings. The molecule has 1 aromatic heterocycles. The van der Waals surface area contributed by atoms with E-state index in [4.69, 9.17) is 10.5 Å². The number of nitrogens with zero attached hydrogens (tertiary/aromatic N) is 2. The predicted molar refractivity (Wildman–Crippen MR) is 83.6 cm³/mol. The van der Waals surface area contributed by atoms with Gasteiger partial charge in [-0.15, -0.1) is 0 Å². The quantitative estimate of drug-likeness (QED) is 0.810. The Kier molecular flexibility index (Phi) is 5.32. The van der Waals surface area contributed by atoms with Gasteiger partial charge in [-0.05, 0) is 30.8 Å². The number of nitrogens with two attached hydrogens (primary N) is 1. The van der Waals surface area contributed by atoms with E-state index in [0.29, 0.717) is 24.5 Å². The van der Waals surface area contributed by atoms with Gasteiger partial charge in [0.25, 0.3) is 0 Å². The molecule has 116 valence electrons. The summed E-state index contributed by atoms with van der Waals surface area (Å²) >= 11 is 0. The molecular weight excluding hydrogens is 282 g/mol. The standard InChI is InChI=1S/C16H19N3O3/c1-19(9-10-22-13-5-3-2-4-6-13)15(16(20)21)12-7-8-14(17)18-11-12/h2-8,11,15H,9-10H2,1H3,(H2,17,18)(H,20,21)/t15-/m0/s1. The lowest BCUT2D eigenvalue weighted by atomic mass is 10.1. The van der Waals surface area contributed by atoms with Gasteiger partial charge in [-0.2, -0.15) is 0 Å². The molecule has 0 aliphatic rings. The first kappa shape index (κ1) is 15.8. The van der Waals surface area contributed by atoms with Gasteiger partial charge in [0.05, 0.1) is 0 Å². The lowest BCUT2D eigenvalue weighted by Gasteiger charge is -2.24. The van der Waals surface area contributed by atoms with Gasteiger partial charge in [-0.25, -0.2) is 4.98 Å². The van der Waals surface area contributed by atoms with Crippen LogP contribution in [-0.4, -0.2) is 41.2 Å². The number of ether oxygens (including phenoxy) is 1. The minimum absolute atomic E-state index is 0.364. The SMILES string of the molecule is CN(CCOc1ccccc1)[C@H](C(=O)O)c1ccc(N)nc1. The zero-order valence-corrected chi connectivity index (χ0v) is 12.3. The summed E-state index contributed by atoms with van der Waals surface area (Å²) in [5.74, 6) is 0.189. The minimum atomic E-state index is -0.936. The van der Waals surface area contributed by atoms with Crippen LogP contribution in [0.2, 0.25) is 0 Å². The molecule has 2 rings (SSSR count). The summed E-state index contributed by atoms with van der Waals surface area (Å²) in [4.78, 5) is 17.2. The highest BCUT2D eigenvalue weighted by atomic mass is 16.5. The van der Waals surface area contributed by atoms with E-state index in [0.717, 1.165) is 5.75 Å². The van der Waals surface area contributed by atoms with Gasteiger partial charge >= 0.3 is 5.97 Å². The van der Waals surface area contributed by atoms with E-state index in [1.165, 1.54) is 6.20 Å². The number of hydrogen-bond donors (Lipinski definition) is 2. The molecule has 0 radical (unpaired) electrons. The Balaban J connectivity index is 1.96. The number of carboxylic acids is 1. The summed E-state index contributed by atoms with van der Waals surface area (Å²) < 4.78 is 5.59. The molecule has 6 heteroatoms. The molecule has 0 saturated carbocycles. The molecular formula is C16H19N3O3. The van der Waals surface area contributed by atoms with Crippen molar-refractivity contribution in [3.8, 4) is 5.75 Å². The molecule has 0 bridgehead atoms. The summed E-state index contributed by atoms with van der Waals surface area (Å²) in [5, 5.41) is 9.44. The van der Waals surface area contributed by atoms with Crippen LogP contribution >= 0.6 is 0 Å². The van der Waals surface area contributed by atoms with E-state index < -0.39 is 12.0 Å². The van der Waals surface area contributed by atoms with Crippen molar-refractivity contribution in [2.45, 2.75) is 6.04 Å². The predicted octanol–water partition coefficient (Wildman–Crippen LogP) is 1.80. The number of hydrogen-bond acceptors (Lipinski definition) is 5. The number of pyridine rings is 1. The second kappa shape index (κ2) is 7.42. The normalized spacial score (nSPS) is 12.1. The average Bonchev–Trinajstić information content (AvgIpc) is 2.50. The van der Waals surface area contributed by atoms with Crippen LogP contribution in [0.25, 0.3) is 0 Å². The number of likely N-dealkylation sites (N-methyl/N-ethyl adjacent to an activating group) is 1. The largest absolute Gasteiger partial charge is 0.492 e. The van der Waals surface area contributed by atoms with Crippen molar-refractivity contribution in [1.82, 2.24) is 9.88 Å². The molecule has 0 aliphatic heterocycles. The molecule has 1 atom stereocenters. The fourth-order valence-corrected chi connectivity index (χ4v) is 2.12. The molecule has 0 spiro atoms. The third kappa shape index (κ3) is 4.20. The van der Waals surface area contributed by atoms with Crippen LogP contribution in [0.1, 0.15) is 11.6 Å². The van der Waals surface area contributed by atoms with Crippen LogP contribution in [0.5, 0.6) is 5.75 Å². The number of aromatic nitrogens is 1. The average molecular weight is 301 g/mol. The van der Waals surface area contributed by atoms with E-state index in [2.05, 4.69) is 4.98 Å².